The molecular weight excluding hydrogens is 424 g/mol. The Hall–Kier alpha value is -2.58. The summed E-state index contributed by atoms with van der Waals surface area (Å²) in [5.74, 6) is 1.69. The number of halogens is 1. The van der Waals surface area contributed by atoms with E-state index in [4.69, 9.17) is 28.1 Å². The van der Waals surface area contributed by atoms with Crippen LogP contribution in [0.25, 0.3) is 11.4 Å². The molecule has 4 rings (SSSR count). The van der Waals surface area contributed by atoms with Gasteiger partial charge in [-0.1, -0.05) is 25.4 Å². The summed E-state index contributed by atoms with van der Waals surface area (Å²) in [4.78, 5) is 4.99. The number of rotatable bonds is 6. The average molecular weight is 457 g/mol. The van der Waals surface area contributed by atoms with Crippen molar-refractivity contribution in [2.75, 3.05) is 16.4 Å². The van der Waals surface area contributed by atoms with Gasteiger partial charge in [-0.05, 0) is 63.6 Å². The number of hydrogen-bond acceptors (Lipinski definition) is 7. The Balaban J connectivity index is 1.81. The molecule has 9 heteroatoms. The summed E-state index contributed by atoms with van der Waals surface area (Å²) in [5, 5.41) is 16.6. The molecule has 0 saturated heterocycles. The third-order valence-electron chi connectivity index (χ3n) is 6.07. The van der Waals surface area contributed by atoms with Gasteiger partial charge in [0.1, 0.15) is 0 Å². The van der Waals surface area contributed by atoms with Gasteiger partial charge in [-0.3, -0.25) is 0 Å². The van der Waals surface area contributed by atoms with Crippen molar-refractivity contribution in [1.82, 2.24) is 19.7 Å². The van der Waals surface area contributed by atoms with Crippen molar-refractivity contribution in [3.05, 3.63) is 28.9 Å². The van der Waals surface area contributed by atoms with Crippen LogP contribution in [0.2, 0.25) is 5.02 Å². The van der Waals surface area contributed by atoms with E-state index in [1.807, 2.05) is 6.07 Å². The Morgan fingerprint density at radius 3 is 2.44 bits per heavy atom. The minimum atomic E-state index is 0.182. The lowest BCUT2D eigenvalue weighted by atomic mass is 9.92. The van der Waals surface area contributed by atoms with Crippen LogP contribution >= 0.6 is 11.6 Å². The van der Waals surface area contributed by atoms with Gasteiger partial charge < -0.3 is 26.7 Å². The summed E-state index contributed by atoms with van der Waals surface area (Å²) >= 11 is 6.24. The van der Waals surface area contributed by atoms with Crippen molar-refractivity contribution in [1.29, 1.82) is 0 Å². The number of fused-ring (bicyclic) bond motifs is 1. The van der Waals surface area contributed by atoms with Gasteiger partial charge >= 0.3 is 0 Å². The predicted octanol–water partition coefficient (Wildman–Crippen LogP) is 5.14. The van der Waals surface area contributed by atoms with E-state index in [2.05, 4.69) is 53.1 Å². The van der Waals surface area contributed by atoms with Crippen molar-refractivity contribution in [2.24, 2.45) is 5.73 Å². The first-order valence-electron chi connectivity index (χ1n) is 11.4. The molecule has 8 nitrogen and oxygen atoms in total. The summed E-state index contributed by atoms with van der Waals surface area (Å²) in [6.07, 6.45) is 4.11. The summed E-state index contributed by atoms with van der Waals surface area (Å²) in [5.41, 5.74) is 16.0. The monoisotopic (exact) mass is 456 g/mol. The Kier molecular flexibility index (Phi) is 6.44. The van der Waals surface area contributed by atoms with E-state index in [0.29, 0.717) is 28.6 Å². The molecule has 2 heterocycles. The summed E-state index contributed by atoms with van der Waals surface area (Å²) in [6, 6.07) is 6.27. The summed E-state index contributed by atoms with van der Waals surface area (Å²) in [6.45, 7) is 8.59. The number of nitrogens with one attached hydrogen (secondary N) is 2. The highest BCUT2D eigenvalue weighted by atomic mass is 35.5. The minimum absolute atomic E-state index is 0.182. The molecular formula is C23H33ClN8. The molecule has 0 unspecified atom stereocenters. The molecule has 1 aromatic rings. The van der Waals surface area contributed by atoms with Gasteiger partial charge in [0.15, 0.2) is 11.5 Å². The van der Waals surface area contributed by atoms with E-state index in [0.717, 1.165) is 54.4 Å². The van der Waals surface area contributed by atoms with E-state index in [-0.39, 0.29) is 12.0 Å². The lowest BCUT2D eigenvalue weighted by Gasteiger charge is -2.30. The van der Waals surface area contributed by atoms with Gasteiger partial charge in [0.2, 0.25) is 5.95 Å². The smallest absolute Gasteiger partial charge is 0.205 e. The van der Waals surface area contributed by atoms with Crippen LogP contribution in [0.5, 0.6) is 0 Å². The number of hydrogen-bond donors (Lipinski definition) is 4. The first kappa shape index (κ1) is 22.6. The van der Waals surface area contributed by atoms with Crippen LogP contribution in [0.1, 0.15) is 71.0 Å². The second-order valence-corrected chi connectivity index (χ2v) is 9.71. The van der Waals surface area contributed by atoms with Crippen LogP contribution in [0, 0.1) is 0 Å². The molecule has 1 saturated carbocycles. The van der Waals surface area contributed by atoms with Crippen LogP contribution < -0.4 is 22.1 Å². The second kappa shape index (κ2) is 9.11. The molecule has 0 bridgehead atoms. The minimum Gasteiger partial charge on any atom is -0.398 e. The molecule has 0 amide bonds. The predicted molar refractivity (Wildman–Crippen MR) is 132 cm³/mol. The highest BCUT2D eigenvalue weighted by Gasteiger charge is 2.29. The van der Waals surface area contributed by atoms with Crippen molar-refractivity contribution < 1.29 is 0 Å². The number of nitrogens with zero attached hydrogens (tertiary/aromatic N) is 4. The fourth-order valence-corrected chi connectivity index (χ4v) is 4.48. The van der Waals surface area contributed by atoms with Gasteiger partial charge in [0.05, 0.1) is 22.1 Å². The molecule has 0 radical (unpaired) electrons. The van der Waals surface area contributed by atoms with Crippen LogP contribution in [-0.4, -0.2) is 31.8 Å². The van der Waals surface area contributed by atoms with Crippen LogP contribution in [0.3, 0.4) is 0 Å². The molecule has 172 valence electrons. The quantitative estimate of drug-likeness (QED) is 0.379. The Morgan fingerprint density at radius 1 is 1.09 bits per heavy atom. The zero-order valence-electron chi connectivity index (χ0n) is 19.2. The summed E-state index contributed by atoms with van der Waals surface area (Å²) in [7, 11) is 0. The highest BCUT2D eigenvalue weighted by molar-refractivity contribution is 6.33. The second-order valence-electron chi connectivity index (χ2n) is 9.30. The zero-order chi connectivity index (χ0) is 23.0. The lowest BCUT2D eigenvalue weighted by Crippen LogP contribution is -2.34. The maximum atomic E-state index is 6.24. The molecule has 0 spiro atoms. The third kappa shape index (κ3) is 4.47. The number of benzene rings is 1. The SMILES string of the molecule is CC(C)c1nnc2c(Nc3ccc(N)c(Cl)c3)nc(NC3CCC(N)CC3)n(C(C)C)c1-2. The van der Waals surface area contributed by atoms with Gasteiger partial charge in [0.25, 0.3) is 0 Å². The zero-order valence-corrected chi connectivity index (χ0v) is 19.9. The van der Waals surface area contributed by atoms with Crippen molar-refractivity contribution in [3.63, 3.8) is 0 Å². The first-order valence-corrected chi connectivity index (χ1v) is 11.7. The molecule has 6 N–H and O–H groups in total. The third-order valence-corrected chi connectivity index (χ3v) is 6.39. The molecule has 0 atom stereocenters. The summed E-state index contributed by atoms with van der Waals surface area (Å²) < 4.78 is 2.22. The van der Waals surface area contributed by atoms with E-state index >= 15 is 0 Å². The molecule has 32 heavy (non-hydrogen) atoms. The van der Waals surface area contributed by atoms with Crippen LogP contribution in [0.15, 0.2) is 18.2 Å². The van der Waals surface area contributed by atoms with Gasteiger partial charge in [-0.2, -0.15) is 10.1 Å². The standard InChI is InChI=1S/C23H33ClN8/c1-12(2)19-21-20(31-30-19)22(27-16-9-10-18(26)17(24)11-16)29-23(32(21)13(3)4)28-15-7-5-14(25)6-8-15/h9-15,27H,5-8,25-26H2,1-4H3,(H,28,29). The molecule has 0 aromatic heterocycles. The topological polar surface area (TPSA) is 120 Å². The Morgan fingerprint density at radius 2 is 1.81 bits per heavy atom. The van der Waals surface area contributed by atoms with Crippen molar-refractivity contribution in [3.8, 4) is 11.4 Å². The number of anilines is 4. The fourth-order valence-electron chi connectivity index (χ4n) is 4.30. The Bertz CT molecular complexity index is 1050. The fraction of sp³-hybridized carbons (Fsp3) is 0.522. The number of nitrogens with two attached hydrogens (primary N) is 2. The normalized spacial score (nSPS) is 19.1. The lowest BCUT2D eigenvalue weighted by molar-refractivity contribution is 0.407. The van der Waals surface area contributed by atoms with E-state index < -0.39 is 0 Å². The average Bonchev–Trinajstić information content (AvgIpc) is 3.17. The van der Waals surface area contributed by atoms with Crippen molar-refractivity contribution >= 4 is 34.7 Å². The maximum Gasteiger partial charge on any atom is 0.205 e. The number of aromatic nitrogens is 4. The molecule has 2 aliphatic heterocycles. The largest absolute Gasteiger partial charge is 0.398 e. The number of nitrogen functional groups attached to an aromatic ring is 1. The Labute approximate surface area is 194 Å². The van der Waals surface area contributed by atoms with Gasteiger partial charge in [0, 0.05) is 23.8 Å². The van der Waals surface area contributed by atoms with Gasteiger partial charge in [-0.25, -0.2) is 0 Å². The molecule has 1 aromatic carbocycles. The van der Waals surface area contributed by atoms with Gasteiger partial charge in [-0.15, -0.1) is 5.10 Å². The molecule has 1 aliphatic carbocycles. The van der Waals surface area contributed by atoms with E-state index in [1.165, 1.54) is 0 Å². The molecule has 3 aliphatic rings. The van der Waals surface area contributed by atoms with Crippen LogP contribution in [0.4, 0.5) is 23.1 Å². The molecule has 1 fully saturated rings. The highest BCUT2D eigenvalue weighted by Crippen LogP contribution is 2.39. The maximum absolute atomic E-state index is 6.24. The van der Waals surface area contributed by atoms with Crippen molar-refractivity contribution in [2.45, 2.75) is 77.4 Å². The van der Waals surface area contributed by atoms with E-state index in [1.54, 1.807) is 12.1 Å². The van der Waals surface area contributed by atoms with E-state index in [9.17, 15) is 0 Å². The first-order chi connectivity index (χ1) is 15.2. The van der Waals surface area contributed by atoms with Crippen LogP contribution in [-0.2, 0) is 0 Å².